The number of phenolic OH excluding ortho intramolecular Hbond substituents is 1. The van der Waals surface area contributed by atoms with Crippen molar-refractivity contribution in [2.75, 3.05) is 0 Å². The molecule has 3 atom stereocenters. The van der Waals surface area contributed by atoms with E-state index in [0.717, 1.165) is 60.0 Å². The first kappa shape index (κ1) is 25.2. The van der Waals surface area contributed by atoms with E-state index in [-0.39, 0.29) is 17.5 Å². The molecule has 4 nitrogen and oxygen atoms in total. The van der Waals surface area contributed by atoms with Crippen LogP contribution >= 0.6 is 0 Å². The van der Waals surface area contributed by atoms with Crippen molar-refractivity contribution in [1.29, 1.82) is 0 Å². The van der Waals surface area contributed by atoms with Crippen LogP contribution in [0.25, 0.3) is 0 Å². The Balaban J connectivity index is 1.76. The number of benzene rings is 1. The van der Waals surface area contributed by atoms with Crippen LogP contribution in [0.5, 0.6) is 5.75 Å². The van der Waals surface area contributed by atoms with Crippen molar-refractivity contribution < 1.29 is 10.2 Å². The highest BCUT2D eigenvalue weighted by atomic mass is 16.3. The highest BCUT2D eigenvalue weighted by Gasteiger charge is 2.29. The van der Waals surface area contributed by atoms with Crippen LogP contribution in [0.15, 0.2) is 63.6 Å². The van der Waals surface area contributed by atoms with E-state index in [2.05, 4.69) is 41.2 Å². The van der Waals surface area contributed by atoms with Gasteiger partial charge in [-0.15, -0.1) is 0 Å². The van der Waals surface area contributed by atoms with E-state index in [1.807, 2.05) is 42.8 Å². The second-order valence-corrected chi connectivity index (χ2v) is 10.9. The van der Waals surface area contributed by atoms with Gasteiger partial charge in [0, 0.05) is 23.6 Å². The van der Waals surface area contributed by atoms with Crippen LogP contribution in [0.4, 0.5) is 0 Å². The van der Waals surface area contributed by atoms with E-state index in [9.17, 15) is 10.2 Å². The molecular formula is C29H40N2O2. The average molecular weight is 449 g/mol. The Morgan fingerprint density at radius 3 is 2.30 bits per heavy atom. The highest BCUT2D eigenvalue weighted by molar-refractivity contribution is 5.85. The molecular weight excluding hydrogens is 408 g/mol. The van der Waals surface area contributed by atoms with E-state index >= 15 is 0 Å². The van der Waals surface area contributed by atoms with Gasteiger partial charge in [-0.2, -0.15) is 0 Å². The Hall–Kier alpha value is -2.46. The third-order valence-electron chi connectivity index (χ3n) is 6.46. The van der Waals surface area contributed by atoms with Gasteiger partial charge in [-0.1, -0.05) is 72.2 Å². The Morgan fingerprint density at radius 1 is 1.06 bits per heavy atom. The summed E-state index contributed by atoms with van der Waals surface area (Å²) in [6.45, 7) is 14.7. The molecule has 0 radical (unpaired) electrons. The summed E-state index contributed by atoms with van der Waals surface area (Å²) in [6.07, 6.45) is 11.9. The van der Waals surface area contributed by atoms with Crippen molar-refractivity contribution in [1.82, 2.24) is 0 Å². The zero-order chi connectivity index (χ0) is 24.2. The molecule has 1 aromatic carbocycles. The number of hydrogen-bond acceptors (Lipinski definition) is 4. The monoisotopic (exact) mass is 448 g/mol. The van der Waals surface area contributed by atoms with Gasteiger partial charge in [-0.25, -0.2) is 0 Å². The number of allylic oxidation sites excluding steroid dienone is 3. The van der Waals surface area contributed by atoms with Crippen LogP contribution in [-0.2, 0) is 6.42 Å². The van der Waals surface area contributed by atoms with Crippen molar-refractivity contribution in [3.05, 3.63) is 64.8 Å². The number of aromatic hydroxyl groups is 1. The lowest BCUT2D eigenvalue weighted by Crippen LogP contribution is -2.29. The Labute approximate surface area is 199 Å². The smallest absolute Gasteiger partial charge is 0.127 e. The quantitative estimate of drug-likeness (QED) is 0.507. The van der Waals surface area contributed by atoms with Gasteiger partial charge in [0.2, 0.25) is 0 Å². The lowest BCUT2D eigenvalue weighted by atomic mass is 9.77. The molecule has 0 bridgehead atoms. The molecule has 1 unspecified atom stereocenters. The van der Waals surface area contributed by atoms with Gasteiger partial charge in [0.1, 0.15) is 11.9 Å². The minimum atomic E-state index is -0.662. The number of aliphatic imine (C=N–C) groups is 2. The Morgan fingerprint density at radius 2 is 1.70 bits per heavy atom. The summed E-state index contributed by atoms with van der Waals surface area (Å²) in [5.41, 5.74) is 4.24. The molecule has 0 heterocycles. The minimum absolute atomic E-state index is 0.0707. The van der Waals surface area contributed by atoms with E-state index in [1.165, 1.54) is 0 Å². The van der Waals surface area contributed by atoms with E-state index < -0.39 is 6.10 Å². The van der Waals surface area contributed by atoms with Crippen molar-refractivity contribution in [2.24, 2.45) is 21.3 Å². The maximum Gasteiger partial charge on any atom is 0.127 e. The zero-order valence-corrected chi connectivity index (χ0v) is 20.9. The van der Waals surface area contributed by atoms with E-state index in [1.54, 1.807) is 0 Å². The summed E-state index contributed by atoms with van der Waals surface area (Å²) < 4.78 is 0. The van der Waals surface area contributed by atoms with Crippen LogP contribution in [0.1, 0.15) is 71.4 Å². The molecule has 3 rings (SSSR count). The molecule has 0 saturated heterocycles. The van der Waals surface area contributed by atoms with Crippen molar-refractivity contribution in [2.45, 2.75) is 84.9 Å². The van der Waals surface area contributed by atoms with Crippen molar-refractivity contribution in [3.8, 4) is 5.75 Å². The van der Waals surface area contributed by atoms with Gasteiger partial charge in [-0.05, 0) is 59.4 Å². The van der Waals surface area contributed by atoms with Crippen LogP contribution in [0.3, 0.4) is 0 Å². The summed E-state index contributed by atoms with van der Waals surface area (Å²) in [4.78, 5) is 9.74. The second kappa shape index (κ2) is 10.6. The number of aliphatic hydroxyl groups excluding tert-OH is 1. The first-order valence-corrected chi connectivity index (χ1v) is 12.2. The number of aliphatic hydroxyl groups is 1. The predicted molar refractivity (Wildman–Crippen MR) is 140 cm³/mol. The van der Waals surface area contributed by atoms with Gasteiger partial charge in [0.25, 0.3) is 0 Å². The number of nitrogens with zero attached hydrogens (tertiary/aromatic N) is 2. The molecule has 1 fully saturated rings. The second-order valence-electron chi connectivity index (χ2n) is 10.9. The summed E-state index contributed by atoms with van der Waals surface area (Å²) >= 11 is 0. The topological polar surface area (TPSA) is 65.2 Å². The number of rotatable bonds is 6. The molecule has 2 aliphatic carbocycles. The molecule has 0 amide bonds. The number of para-hydroxylation sites is 1. The molecule has 1 aromatic rings. The molecule has 0 spiro atoms. The molecule has 4 heteroatoms. The van der Waals surface area contributed by atoms with Gasteiger partial charge < -0.3 is 10.2 Å². The fraction of sp³-hybridized carbons (Fsp3) is 0.517. The van der Waals surface area contributed by atoms with Crippen LogP contribution in [0, 0.1) is 11.3 Å². The molecule has 33 heavy (non-hydrogen) atoms. The molecule has 0 aromatic heterocycles. The maximum absolute atomic E-state index is 10.9. The molecule has 2 N–H and O–H groups in total. The van der Waals surface area contributed by atoms with Gasteiger partial charge in [0.15, 0.2) is 0 Å². The van der Waals surface area contributed by atoms with Gasteiger partial charge in [-0.3, -0.25) is 9.98 Å². The summed E-state index contributed by atoms with van der Waals surface area (Å²) in [5, 5.41) is 21.6. The van der Waals surface area contributed by atoms with Crippen molar-refractivity contribution in [3.63, 3.8) is 0 Å². The fourth-order valence-electron chi connectivity index (χ4n) is 4.64. The molecule has 0 aliphatic heterocycles. The van der Waals surface area contributed by atoms with Crippen LogP contribution < -0.4 is 0 Å². The predicted octanol–water partition coefficient (Wildman–Crippen LogP) is 6.22. The summed E-state index contributed by atoms with van der Waals surface area (Å²) in [5.74, 6) is 0.815. The Bertz CT molecular complexity index is 976. The largest absolute Gasteiger partial charge is 0.507 e. The average Bonchev–Trinajstić information content (AvgIpc) is 2.74. The van der Waals surface area contributed by atoms with Crippen molar-refractivity contribution >= 4 is 12.4 Å². The SMILES string of the molecule is C=C1C=C(/C=N\[C@H]2CCCC[C@@H]2/N=C\c2cccc(CC(C)C)c2O)C(O)C(C(C)(C)C)=C1. The van der Waals surface area contributed by atoms with Crippen LogP contribution in [-0.4, -0.2) is 40.8 Å². The normalized spacial score (nSPS) is 24.6. The number of hydrogen-bond donors (Lipinski definition) is 2. The minimum Gasteiger partial charge on any atom is -0.507 e. The highest BCUT2D eigenvalue weighted by Crippen LogP contribution is 2.35. The zero-order valence-electron chi connectivity index (χ0n) is 20.9. The maximum atomic E-state index is 10.9. The lowest BCUT2D eigenvalue weighted by molar-refractivity contribution is 0.222. The molecule has 178 valence electrons. The molecule has 1 saturated carbocycles. The third-order valence-corrected chi connectivity index (χ3v) is 6.46. The van der Waals surface area contributed by atoms with Crippen LogP contribution in [0.2, 0.25) is 0 Å². The standard InChI is InChI=1S/C29H40N2O2/c1-19(2)14-21-10-9-11-22(27(21)32)17-30-25-12-7-8-13-26(25)31-18-23-15-20(3)16-24(28(23)33)29(4,5)6/h9-11,15-19,25-26,28,32-33H,3,7-8,12-14H2,1-2,4-6H3/b30-17-,31-18-/t25-,26-,28?/m0/s1. The third kappa shape index (κ3) is 6.54. The van der Waals surface area contributed by atoms with Gasteiger partial charge >= 0.3 is 0 Å². The first-order valence-electron chi connectivity index (χ1n) is 12.2. The Kier molecular flexibility index (Phi) is 8.12. The fourth-order valence-corrected chi connectivity index (χ4v) is 4.64. The first-order chi connectivity index (χ1) is 15.6. The summed E-state index contributed by atoms with van der Waals surface area (Å²) in [7, 11) is 0. The molecule has 2 aliphatic rings. The summed E-state index contributed by atoms with van der Waals surface area (Å²) in [6, 6.07) is 6.03. The number of phenols is 1. The van der Waals surface area contributed by atoms with E-state index in [4.69, 9.17) is 9.98 Å². The van der Waals surface area contributed by atoms with Gasteiger partial charge in [0.05, 0.1) is 12.1 Å². The van der Waals surface area contributed by atoms with E-state index in [0.29, 0.717) is 11.7 Å². The lowest BCUT2D eigenvalue weighted by Gasteiger charge is -2.31.